The Morgan fingerprint density at radius 1 is 1.32 bits per heavy atom. The summed E-state index contributed by atoms with van der Waals surface area (Å²) < 4.78 is 10.9. The number of halogens is 1. The summed E-state index contributed by atoms with van der Waals surface area (Å²) in [5.41, 5.74) is 7.00. The molecule has 1 atom stereocenters. The van der Waals surface area contributed by atoms with E-state index in [2.05, 4.69) is 6.92 Å². The van der Waals surface area contributed by atoms with Crippen LogP contribution in [0, 0.1) is 6.92 Å². The SMILES string of the molecule is COC[C@@H](N)C(=O)N1CCC(Oc2ccc(C)cc2)CC1.Cl. The zero-order chi connectivity index (χ0) is 15.2. The lowest BCUT2D eigenvalue weighted by atomic mass is 10.1. The molecule has 0 spiro atoms. The summed E-state index contributed by atoms with van der Waals surface area (Å²) in [7, 11) is 1.55. The molecule has 1 aromatic carbocycles. The molecule has 124 valence electrons. The van der Waals surface area contributed by atoms with E-state index in [1.807, 2.05) is 24.3 Å². The highest BCUT2D eigenvalue weighted by Crippen LogP contribution is 2.19. The normalized spacial score (nSPS) is 16.8. The van der Waals surface area contributed by atoms with E-state index in [0.29, 0.717) is 13.1 Å². The number of amides is 1. The molecule has 1 fully saturated rings. The predicted molar refractivity (Wildman–Crippen MR) is 88.5 cm³/mol. The number of carbonyl (C=O) groups is 1. The number of hydrogen-bond acceptors (Lipinski definition) is 4. The first kappa shape index (κ1) is 18.7. The molecule has 0 aromatic heterocycles. The van der Waals surface area contributed by atoms with Gasteiger partial charge in [-0.2, -0.15) is 0 Å². The minimum atomic E-state index is -0.565. The average molecular weight is 329 g/mol. The lowest BCUT2D eigenvalue weighted by Gasteiger charge is -2.33. The van der Waals surface area contributed by atoms with Crippen molar-refractivity contribution in [3.05, 3.63) is 29.8 Å². The summed E-state index contributed by atoms with van der Waals surface area (Å²) in [5, 5.41) is 0. The minimum Gasteiger partial charge on any atom is -0.490 e. The molecule has 1 aliphatic heterocycles. The molecule has 22 heavy (non-hydrogen) atoms. The molecule has 0 radical (unpaired) electrons. The highest BCUT2D eigenvalue weighted by molar-refractivity contribution is 5.85. The van der Waals surface area contributed by atoms with Crippen molar-refractivity contribution in [1.29, 1.82) is 0 Å². The van der Waals surface area contributed by atoms with Gasteiger partial charge in [-0.3, -0.25) is 4.79 Å². The number of hydrogen-bond donors (Lipinski definition) is 1. The molecule has 6 heteroatoms. The minimum absolute atomic E-state index is 0. The summed E-state index contributed by atoms with van der Waals surface area (Å²) in [5.74, 6) is 0.854. The second-order valence-electron chi connectivity index (χ2n) is 5.52. The quantitative estimate of drug-likeness (QED) is 0.894. The fourth-order valence-corrected chi connectivity index (χ4v) is 2.49. The smallest absolute Gasteiger partial charge is 0.241 e. The summed E-state index contributed by atoms with van der Waals surface area (Å²) >= 11 is 0. The van der Waals surface area contributed by atoms with E-state index in [4.69, 9.17) is 15.2 Å². The van der Waals surface area contributed by atoms with Gasteiger partial charge in [0.2, 0.25) is 5.91 Å². The molecule has 1 heterocycles. The standard InChI is InChI=1S/C16H24N2O3.ClH/c1-12-3-5-13(6-4-12)21-14-7-9-18(10-8-14)16(19)15(17)11-20-2;/h3-6,14-15H,7-11,17H2,1-2H3;1H/t15-;/m1./s1. The van der Waals surface area contributed by atoms with Crippen LogP contribution in [-0.4, -0.2) is 49.8 Å². The van der Waals surface area contributed by atoms with Gasteiger partial charge in [-0.15, -0.1) is 12.4 Å². The van der Waals surface area contributed by atoms with Crippen LogP contribution >= 0.6 is 12.4 Å². The van der Waals surface area contributed by atoms with Crippen LogP contribution < -0.4 is 10.5 Å². The van der Waals surface area contributed by atoms with E-state index in [1.165, 1.54) is 5.56 Å². The van der Waals surface area contributed by atoms with Gasteiger partial charge in [-0.1, -0.05) is 17.7 Å². The van der Waals surface area contributed by atoms with Gasteiger partial charge in [0.1, 0.15) is 17.9 Å². The van der Waals surface area contributed by atoms with Gasteiger partial charge in [-0.25, -0.2) is 0 Å². The lowest BCUT2D eigenvalue weighted by molar-refractivity contribution is -0.135. The van der Waals surface area contributed by atoms with Gasteiger partial charge < -0.3 is 20.1 Å². The third-order valence-electron chi connectivity index (χ3n) is 3.74. The number of nitrogens with two attached hydrogens (primary N) is 1. The van der Waals surface area contributed by atoms with Crippen LogP contribution in [0.3, 0.4) is 0 Å². The van der Waals surface area contributed by atoms with Crippen molar-refractivity contribution in [3.63, 3.8) is 0 Å². The molecular formula is C16H25ClN2O3. The highest BCUT2D eigenvalue weighted by Gasteiger charge is 2.27. The molecule has 1 amide bonds. The molecule has 2 rings (SSSR count). The summed E-state index contributed by atoms with van der Waals surface area (Å²) in [4.78, 5) is 13.9. The Kier molecular flexibility index (Phi) is 7.65. The number of rotatable bonds is 5. The maximum atomic E-state index is 12.1. The van der Waals surface area contributed by atoms with Crippen molar-refractivity contribution in [1.82, 2.24) is 4.90 Å². The predicted octanol–water partition coefficient (Wildman–Crippen LogP) is 1.76. The van der Waals surface area contributed by atoms with Crippen LogP contribution in [0.25, 0.3) is 0 Å². The summed E-state index contributed by atoms with van der Waals surface area (Å²) in [6.07, 6.45) is 1.83. The number of likely N-dealkylation sites (tertiary alicyclic amines) is 1. The Morgan fingerprint density at radius 3 is 2.45 bits per heavy atom. The first-order chi connectivity index (χ1) is 10.1. The maximum absolute atomic E-state index is 12.1. The fourth-order valence-electron chi connectivity index (χ4n) is 2.49. The number of carbonyl (C=O) groups excluding carboxylic acids is 1. The van der Waals surface area contributed by atoms with Crippen LogP contribution in [0.4, 0.5) is 0 Å². The van der Waals surface area contributed by atoms with Crippen molar-refractivity contribution >= 4 is 18.3 Å². The van der Waals surface area contributed by atoms with Crippen molar-refractivity contribution in [2.75, 3.05) is 26.8 Å². The average Bonchev–Trinajstić information content (AvgIpc) is 2.50. The van der Waals surface area contributed by atoms with Crippen molar-refractivity contribution in [2.24, 2.45) is 5.73 Å². The third kappa shape index (κ3) is 5.16. The number of piperidine rings is 1. The van der Waals surface area contributed by atoms with Crippen molar-refractivity contribution in [2.45, 2.75) is 31.9 Å². The van der Waals surface area contributed by atoms with Crippen molar-refractivity contribution in [3.8, 4) is 5.75 Å². The molecule has 0 saturated carbocycles. The van der Waals surface area contributed by atoms with Crippen LogP contribution in [0.2, 0.25) is 0 Å². The lowest BCUT2D eigenvalue weighted by Crippen LogP contribution is -2.50. The van der Waals surface area contributed by atoms with E-state index in [-0.39, 0.29) is 31.0 Å². The van der Waals surface area contributed by atoms with Crippen molar-refractivity contribution < 1.29 is 14.3 Å². The topological polar surface area (TPSA) is 64.8 Å². The van der Waals surface area contributed by atoms with E-state index < -0.39 is 6.04 Å². The molecule has 2 N–H and O–H groups in total. The van der Waals surface area contributed by atoms with Gasteiger partial charge in [0.15, 0.2) is 0 Å². The molecule has 0 bridgehead atoms. The molecule has 0 aliphatic carbocycles. The molecule has 1 aromatic rings. The van der Waals surface area contributed by atoms with Gasteiger partial charge in [0.25, 0.3) is 0 Å². The molecular weight excluding hydrogens is 304 g/mol. The zero-order valence-corrected chi connectivity index (χ0v) is 14.0. The Balaban J connectivity index is 0.00000242. The van der Waals surface area contributed by atoms with Crippen LogP contribution in [0.5, 0.6) is 5.75 Å². The summed E-state index contributed by atoms with van der Waals surface area (Å²) in [6.45, 7) is 3.69. The first-order valence-electron chi connectivity index (χ1n) is 7.37. The zero-order valence-electron chi connectivity index (χ0n) is 13.2. The largest absolute Gasteiger partial charge is 0.490 e. The van der Waals surface area contributed by atoms with Crippen LogP contribution in [0.1, 0.15) is 18.4 Å². The van der Waals surface area contributed by atoms with E-state index in [9.17, 15) is 4.79 Å². The molecule has 1 saturated heterocycles. The Bertz CT molecular complexity index is 459. The van der Waals surface area contributed by atoms with Crippen LogP contribution in [-0.2, 0) is 9.53 Å². The number of benzene rings is 1. The summed E-state index contributed by atoms with van der Waals surface area (Å²) in [6, 6.07) is 7.49. The van der Waals surface area contributed by atoms with E-state index in [1.54, 1.807) is 12.0 Å². The number of methoxy groups -OCH3 is 1. The highest BCUT2D eigenvalue weighted by atomic mass is 35.5. The molecule has 1 aliphatic rings. The third-order valence-corrected chi connectivity index (χ3v) is 3.74. The first-order valence-corrected chi connectivity index (χ1v) is 7.37. The van der Waals surface area contributed by atoms with Gasteiger partial charge in [-0.05, 0) is 19.1 Å². The number of aryl methyl sites for hydroxylation is 1. The van der Waals surface area contributed by atoms with E-state index in [0.717, 1.165) is 18.6 Å². The number of nitrogens with zero attached hydrogens (tertiary/aromatic N) is 1. The fraction of sp³-hybridized carbons (Fsp3) is 0.562. The number of ether oxygens (including phenoxy) is 2. The van der Waals surface area contributed by atoms with Gasteiger partial charge in [0, 0.05) is 33.0 Å². The monoisotopic (exact) mass is 328 g/mol. The maximum Gasteiger partial charge on any atom is 0.241 e. The van der Waals surface area contributed by atoms with Crippen LogP contribution in [0.15, 0.2) is 24.3 Å². The Hall–Kier alpha value is -1.30. The molecule has 0 unspecified atom stereocenters. The molecule has 5 nitrogen and oxygen atoms in total. The Labute approximate surface area is 138 Å². The second kappa shape index (κ2) is 8.98. The van der Waals surface area contributed by atoms with E-state index >= 15 is 0 Å². The Morgan fingerprint density at radius 2 is 1.91 bits per heavy atom. The van der Waals surface area contributed by atoms with Gasteiger partial charge in [0.05, 0.1) is 6.61 Å². The van der Waals surface area contributed by atoms with Gasteiger partial charge >= 0.3 is 0 Å². The second-order valence-corrected chi connectivity index (χ2v) is 5.52.